The van der Waals surface area contributed by atoms with E-state index >= 15 is 0 Å². The highest BCUT2D eigenvalue weighted by molar-refractivity contribution is 7.99. The number of benzene rings is 1. The molecule has 0 aliphatic carbocycles. The molecule has 0 saturated heterocycles. The number of imide groups is 1. The highest BCUT2D eigenvalue weighted by atomic mass is 32.2. The average Bonchev–Trinajstić information content (AvgIpc) is 2.95. The van der Waals surface area contributed by atoms with Crippen molar-refractivity contribution in [3.8, 4) is 11.4 Å². The van der Waals surface area contributed by atoms with Crippen molar-refractivity contribution in [3.05, 3.63) is 30.1 Å². The minimum absolute atomic E-state index is 0.0383. The van der Waals surface area contributed by atoms with Gasteiger partial charge in [-0.1, -0.05) is 25.1 Å². The fourth-order valence-corrected chi connectivity index (χ4v) is 2.72. The molecule has 7 nitrogen and oxygen atoms in total. The van der Waals surface area contributed by atoms with Crippen molar-refractivity contribution in [2.24, 2.45) is 7.05 Å². The van der Waals surface area contributed by atoms with Crippen LogP contribution in [0.3, 0.4) is 0 Å². The Morgan fingerprint density at radius 2 is 1.96 bits per heavy atom. The Kier molecular flexibility index (Phi) is 6.93. The van der Waals surface area contributed by atoms with E-state index < -0.39 is 11.9 Å². The van der Waals surface area contributed by atoms with E-state index in [1.54, 1.807) is 23.7 Å². The molecule has 0 atom stereocenters. The summed E-state index contributed by atoms with van der Waals surface area (Å²) in [5.74, 6) is -0.128. The molecule has 2 aromatic rings. The van der Waals surface area contributed by atoms with E-state index in [4.69, 9.17) is 0 Å². The van der Waals surface area contributed by atoms with Gasteiger partial charge in [-0.05, 0) is 30.7 Å². The van der Waals surface area contributed by atoms with Crippen LogP contribution in [0.4, 0.5) is 9.18 Å². The molecule has 0 radical (unpaired) electrons. The first-order chi connectivity index (χ1) is 12.0. The van der Waals surface area contributed by atoms with E-state index in [0.717, 1.165) is 18.4 Å². The summed E-state index contributed by atoms with van der Waals surface area (Å²) in [6.45, 7) is 2.55. The van der Waals surface area contributed by atoms with Crippen molar-refractivity contribution in [3.63, 3.8) is 0 Å². The molecule has 134 valence electrons. The molecule has 0 fully saturated rings. The van der Waals surface area contributed by atoms with Gasteiger partial charge in [-0.2, -0.15) is 0 Å². The average molecular weight is 365 g/mol. The first-order valence-electron chi connectivity index (χ1n) is 7.87. The highest BCUT2D eigenvalue weighted by Gasteiger charge is 2.14. The Balaban J connectivity index is 1.88. The fourth-order valence-electron chi connectivity index (χ4n) is 2.01. The third kappa shape index (κ3) is 5.56. The first kappa shape index (κ1) is 18.9. The fraction of sp³-hybridized carbons (Fsp3) is 0.375. The molecule has 0 saturated carbocycles. The molecular weight excluding hydrogens is 345 g/mol. The Hall–Kier alpha value is -2.42. The number of nitrogens with zero attached hydrogens (tertiary/aromatic N) is 3. The van der Waals surface area contributed by atoms with Crippen LogP contribution in [-0.4, -0.2) is 39.0 Å². The van der Waals surface area contributed by atoms with Gasteiger partial charge in [-0.25, -0.2) is 9.18 Å². The summed E-state index contributed by atoms with van der Waals surface area (Å²) in [7, 11) is 1.76. The van der Waals surface area contributed by atoms with Crippen molar-refractivity contribution in [1.29, 1.82) is 0 Å². The van der Waals surface area contributed by atoms with Crippen LogP contribution in [-0.2, 0) is 11.8 Å². The molecular formula is C16H20FN5O2S. The molecule has 1 heterocycles. The normalized spacial score (nSPS) is 10.5. The zero-order valence-corrected chi connectivity index (χ0v) is 14.9. The third-order valence-corrected chi connectivity index (χ3v) is 4.36. The molecule has 3 amide bonds. The molecule has 25 heavy (non-hydrogen) atoms. The van der Waals surface area contributed by atoms with Crippen molar-refractivity contribution < 1.29 is 14.0 Å². The summed E-state index contributed by atoms with van der Waals surface area (Å²) in [4.78, 5) is 23.3. The lowest BCUT2D eigenvalue weighted by molar-refractivity contribution is -0.117. The lowest BCUT2D eigenvalue weighted by atomic mass is 10.2. The van der Waals surface area contributed by atoms with Gasteiger partial charge in [-0.3, -0.25) is 10.1 Å². The minimum atomic E-state index is -0.496. The van der Waals surface area contributed by atoms with E-state index in [9.17, 15) is 14.0 Å². The number of amides is 3. The molecule has 1 aromatic heterocycles. The van der Waals surface area contributed by atoms with Gasteiger partial charge in [0, 0.05) is 19.2 Å². The van der Waals surface area contributed by atoms with Crippen LogP contribution in [0.25, 0.3) is 11.4 Å². The molecule has 2 N–H and O–H groups in total. The zero-order valence-electron chi connectivity index (χ0n) is 14.1. The molecule has 1 aromatic carbocycles. The van der Waals surface area contributed by atoms with Crippen LogP contribution in [0, 0.1) is 5.82 Å². The Labute approximate surface area is 149 Å². The van der Waals surface area contributed by atoms with Crippen molar-refractivity contribution in [2.45, 2.75) is 24.9 Å². The van der Waals surface area contributed by atoms with Gasteiger partial charge in [0.2, 0.25) is 5.91 Å². The Morgan fingerprint density at radius 3 is 2.64 bits per heavy atom. The number of carbonyl (C=O) groups excluding carboxylic acids is 2. The third-order valence-electron chi connectivity index (χ3n) is 3.34. The van der Waals surface area contributed by atoms with Gasteiger partial charge in [0.05, 0.1) is 5.75 Å². The number of thioether (sulfide) groups is 1. The summed E-state index contributed by atoms with van der Waals surface area (Å²) in [5.41, 5.74) is 0.725. The van der Waals surface area contributed by atoms with Crippen LogP contribution >= 0.6 is 11.8 Å². The Morgan fingerprint density at radius 1 is 1.24 bits per heavy atom. The van der Waals surface area contributed by atoms with Gasteiger partial charge < -0.3 is 9.88 Å². The molecule has 0 aliphatic rings. The maximum absolute atomic E-state index is 13.0. The second-order valence-corrected chi connectivity index (χ2v) is 6.26. The summed E-state index contributed by atoms with van der Waals surface area (Å²) >= 11 is 1.17. The summed E-state index contributed by atoms with van der Waals surface area (Å²) < 4.78 is 14.7. The van der Waals surface area contributed by atoms with Crippen molar-refractivity contribution >= 4 is 23.7 Å². The number of hydrogen-bond acceptors (Lipinski definition) is 5. The number of unbranched alkanes of at least 4 members (excludes halogenated alkanes) is 1. The highest BCUT2D eigenvalue weighted by Crippen LogP contribution is 2.22. The minimum Gasteiger partial charge on any atom is -0.338 e. The number of nitrogens with one attached hydrogen (secondary N) is 2. The van der Waals surface area contributed by atoms with E-state index in [1.165, 1.54) is 23.9 Å². The lowest BCUT2D eigenvalue weighted by Gasteiger charge is -2.06. The van der Waals surface area contributed by atoms with E-state index in [1.807, 2.05) is 6.92 Å². The van der Waals surface area contributed by atoms with Gasteiger partial charge in [0.15, 0.2) is 11.0 Å². The Bertz CT molecular complexity index is 733. The van der Waals surface area contributed by atoms with Gasteiger partial charge >= 0.3 is 6.03 Å². The topological polar surface area (TPSA) is 88.9 Å². The predicted octanol–water partition coefficient (Wildman–Crippen LogP) is 2.34. The summed E-state index contributed by atoms with van der Waals surface area (Å²) in [6, 6.07) is 5.43. The molecule has 0 aliphatic heterocycles. The van der Waals surface area contributed by atoms with E-state index in [2.05, 4.69) is 20.8 Å². The van der Waals surface area contributed by atoms with Crippen LogP contribution in [0.5, 0.6) is 0 Å². The standard InChI is InChI=1S/C16H20FN5O2S/c1-3-4-9-18-15(24)19-13(23)10-25-16-21-20-14(22(16)2)11-5-7-12(17)8-6-11/h5-8H,3-4,9-10H2,1-2H3,(H2,18,19,23,24). The van der Waals surface area contributed by atoms with Crippen molar-refractivity contribution in [2.75, 3.05) is 12.3 Å². The van der Waals surface area contributed by atoms with Crippen LogP contribution in [0.1, 0.15) is 19.8 Å². The number of urea groups is 1. The van der Waals surface area contributed by atoms with Gasteiger partial charge in [0.25, 0.3) is 0 Å². The zero-order chi connectivity index (χ0) is 18.2. The first-order valence-corrected chi connectivity index (χ1v) is 8.85. The van der Waals surface area contributed by atoms with Crippen LogP contribution < -0.4 is 10.6 Å². The largest absolute Gasteiger partial charge is 0.338 e. The van der Waals surface area contributed by atoms with Crippen molar-refractivity contribution in [1.82, 2.24) is 25.4 Å². The van der Waals surface area contributed by atoms with E-state index in [0.29, 0.717) is 17.5 Å². The lowest BCUT2D eigenvalue weighted by Crippen LogP contribution is -2.40. The molecule has 0 bridgehead atoms. The SMILES string of the molecule is CCCCNC(=O)NC(=O)CSc1nnc(-c2ccc(F)cc2)n1C. The number of carbonyl (C=O) groups is 2. The molecule has 2 rings (SSSR count). The van der Waals surface area contributed by atoms with Crippen LogP contribution in [0.2, 0.25) is 0 Å². The second-order valence-electron chi connectivity index (χ2n) is 5.32. The number of aromatic nitrogens is 3. The molecule has 0 spiro atoms. The summed E-state index contributed by atoms with van der Waals surface area (Å²) in [5, 5.41) is 13.5. The monoisotopic (exact) mass is 365 g/mol. The summed E-state index contributed by atoms with van der Waals surface area (Å²) in [6.07, 6.45) is 1.83. The number of halogens is 1. The maximum Gasteiger partial charge on any atom is 0.321 e. The maximum atomic E-state index is 13.0. The van der Waals surface area contributed by atoms with E-state index in [-0.39, 0.29) is 11.6 Å². The quantitative estimate of drug-likeness (QED) is 0.581. The van der Waals surface area contributed by atoms with Gasteiger partial charge in [-0.15, -0.1) is 10.2 Å². The molecule has 0 unspecified atom stereocenters. The van der Waals surface area contributed by atoms with Gasteiger partial charge in [0.1, 0.15) is 5.82 Å². The molecule has 9 heteroatoms. The number of hydrogen-bond donors (Lipinski definition) is 2. The second kappa shape index (κ2) is 9.16. The predicted molar refractivity (Wildman–Crippen MR) is 93.6 cm³/mol. The smallest absolute Gasteiger partial charge is 0.321 e. The van der Waals surface area contributed by atoms with Crippen LogP contribution in [0.15, 0.2) is 29.4 Å². The number of rotatable bonds is 7.